The summed E-state index contributed by atoms with van der Waals surface area (Å²) in [5.74, 6) is -0.780. The maximum atomic E-state index is 12.4. The molecule has 0 aliphatic heterocycles. The van der Waals surface area contributed by atoms with Crippen LogP contribution >= 0.6 is 0 Å². The third-order valence-corrected chi connectivity index (χ3v) is 3.09. The van der Waals surface area contributed by atoms with Crippen molar-refractivity contribution in [1.29, 1.82) is 0 Å². The van der Waals surface area contributed by atoms with Crippen LogP contribution in [-0.2, 0) is 22.8 Å². The average molecular weight is 324 g/mol. The molecular weight excluding hydrogens is 315 g/mol. The van der Waals surface area contributed by atoms with Crippen LogP contribution in [0, 0.1) is 0 Å². The topological polar surface area (TPSA) is 97.2 Å². The van der Waals surface area contributed by atoms with Crippen LogP contribution in [0.1, 0.15) is 5.69 Å². The van der Waals surface area contributed by atoms with Gasteiger partial charge in [-0.1, -0.05) is 4.68 Å². The summed E-state index contributed by atoms with van der Waals surface area (Å²) in [6.07, 6.45) is -1.60. The number of aromatic nitrogens is 3. The maximum absolute atomic E-state index is 12.4. The number of aryl methyl sites for hydroxylation is 1. The van der Waals surface area contributed by atoms with Crippen molar-refractivity contribution in [3.63, 3.8) is 0 Å². The van der Waals surface area contributed by atoms with E-state index in [1.54, 1.807) is 0 Å². The van der Waals surface area contributed by atoms with Crippen molar-refractivity contribution in [2.75, 3.05) is 5.75 Å². The lowest BCUT2D eigenvalue weighted by Crippen LogP contribution is -2.40. The number of halogens is 3. The van der Waals surface area contributed by atoms with Gasteiger partial charge in [-0.25, -0.2) is 4.98 Å². The van der Waals surface area contributed by atoms with Crippen molar-refractivity contribution in [1.82, 2.24) is 10.1 Å². The molecule has 1 N–H and O–H groups in total. The van der Waals surface area contributed by atoms with Gasteiger partial charge in [0.2, 0.25) is 5.89 Å². The fourth-order valence-corrected chi connectivity index (χ4v) is 1.81. The summed E-state index contributed by atoms with van der Waals surface area (Å²) < 4.78 is 72.8. The molecule has 2 rings (SSSR count). The molecule has 21 heavy (non-hydrogen) atoms. The molecule has 0 aliphatic carbocycles. The maximum Gasteiger partial charge on any atom is 0.436 e. The molecule has 0 atom stereocenters. The van der Waals surface area contributed by atoms with Crippen LogP contribution in [0.4, 0.5) is 13.2 Å². The first-order valence-electron chi connectivity index (χ1n) is 5.49. The minimum atomic E-state index is -4.60. The highest BCUT2D eigenvalue weighted by molar-refractivity contribution is 7.85. The largest absolute Gasteiger partial charge is 0.444 e. The number of alkyl halides is 3. The molecule has 7 nitrogen and oxygen atoms in total. The predicted octanol–water partition coefficient (Wildman–Crippen LogP) is 0.931. The van der Waals surface area contributed by atoms with Gasteiger partial charge in [-0.15, -0.1) is 0 Å². The lowest BCUT2D eigenvalue weighted by Gasteiger charge is -1.98. The van der Waals surface area contributed by atoms with E-state index in [0.29, 0.717) is 6.26 Å². The van der Waals surface area contributed by atoms with Crippen molar-refractivity contribution in [3.05, 3.63) is 30.4 Å². The molecule has 0 saturated heterocycles. The Morgan fingerprint density at radius 2 is 2.10 bits per heavy atom. The summed E-state index contributed by atoms with van der Waals surface area (Å²) in [6, 6.07) is 1.36. The van der Waals surface area contributed by atoms with Crippen molar-refractivity contribution in [2.45, 2.75) is 12.7 Å². The first kappa shape index (κ1) is 15.4. The Morgan fingerprint density at radius 3 is 2.57 bits per heavy atom. The molecule has 0 radical (unpaired) electrons. The lowest BCUT2D eigenvalue weighted by molar-refractivity contribution is -0.750. The minimum absolute atomic E-state index is 0.0987. The second-order valence-corrected chi connectivity index (χ2v) is 5.57. The van der Waals surface area contributed by atoms with Crippen LogP contribution in [0.2, 0.25) is 0 Å². The van der Waals surface area contributed by atoms with E-state index in [1.807, 2.05) is 0 Å². The summed E-state index contributed by atoms with van der Waals surface area (Å²) in [7, 11) is -4.11. The molecule has 0 spiro atoms. The van der Waals surface area contributed by atoms with Crippen LogP contribution in [0.25, 0.3) is 11.5 Å². The Morgan fingerprint density at radius 1 is 1.38 bits per heavy atom. The SMILES string of the molecule is O=S(=O)(O)CC[n+]1ccc(-c2nc(C(F)(F)F)co2)cn1. The first-order valence-corrected chi connectivity index (χ1v) is 7.10. The zero-order valence-corrected chi connectivity index (χ0v) is 11.1. The molecule has 2 aromatic rings. The molecule has 0 fully saturated rings. The van der Waals surface area contributed by atoms with Gasteiger partial charge in [0.15, 0.2) is 18.4 Å². The van der Waals surface area contributed by atoms with Crippen LogP contribution in [0.15, 0.2) is 29.1 Å². The van der Waals surface area contributed by atoms with Gasteiger partial charge in [0.25, 0.3) is 10.1 Å². The standard InChI is InChI=1S/C10H8F3N3O4S/c11-10(12,13)8-6-20-9(15-8)7-1-2-16(14-5-7)3-4-21(17,18)19/h1-2,5-6H,3-4H2/p+1. The second-order valence-electron chi connectivity index (χ2n) is 4.00. The van der Waals surface area contributed by atoms with Gasteiger partial charge in [0, 0.05) is 6.07 Å². The predicted molar refractivity (Wildman–Crippen MR) is 61.3 cm³/mol. The Bertz CT molecular complexity index is 725. The molecular formula is C10H9F3N3O4S+. The Labute approximate surface area is 116 Å². The highest BCUT2D eigenvalue weighted by Crippen LogP contribution is 2.30. The van der Waals surface area contributed by atoms with E-state index in [1.165, 1.54) is 23.1 Å². The summed E-state index contributed by atoms with van der Waals surface area (Å²) >= 11 is 0. The number of hydrogen-bond donors (Lipinski definition) is 1. The van der Waals surface area contributed by atoms with Gasteiger partial charge in [0.05, 0.1) is 5.56 Å². The van der Waals surface area contributed by atoms with Crippen molar-refractivity contribution >= 4 is 10.1 Å². The van der Waals surface area contributed by atoms with E-state index in [-0.39, 0.29) is 18.0 Å². The van der Waals surface area contributed by atoms with E-state index >= 15 is 0 Å². The zero-order valence-electron chi connectivity index (χ0n) is 10.3. The van der Waals surface area contributed by atoms with Gasteiger partial charge in [-0.2, -0.15) is 21.6 Å². The van der Waals surface area contributed by atoms with Crippen molar-refractivity contribution in [2.24, 2.45) is 0 Å². The lowest BCUT2D eigenvalue weighted by atomic mass is 10.3. The highest BCUT2D eigenvalue weighted by Gasteiger charge is 2.35. The summed E-state index contributed by atoms with van der Waals surface area (Å²) in [4.78, 5) is 3.29. The smallest absolute Gasteiger partial charge is 0.436 e. The fraction of sp³-hybridized carbons (Fsp3) is 0.300. The molecule has 114 valence electrons. The molecule has 2 aromatic heterocycles. The van der Waals surface area contributed by atoms with Crippen LogP contribution < -0.4 is 4.68 Å². The summed E-state index contributed by atoms with van der Waals surface area (Å²) in [5, 5.41) is 3.79. The third-order valence-electron chi connectivity index (χ3n) is 2.39. The molecule has 0 saturated carbocycles. The van der Waals surface area contributed by atoms with E-state index in [9.17, 15) is 21.6 Å². The number of nitrogens with zero attached hydrogens (tertiary/aromatic N) is 3. The molecule has 0 bridgehead atoms. The van der Waals surface area contributed by atoms with E-state index in [0.717, 1.165) is 0 Å². The van der Waals surface area contributed by atoms with Gasteiger partial charge in [0.1, 0.15) is 18.2 Å². The first-order chi connectivity index (χ1) is 9.65. The molecule has 11 heteroatoms. The second kappa shape index (κ2) is 5.41. The molecule has 0 aromatic carbocycles. The number of rotatable bonds is 4. The Balaban J connectivity index is 2.14. The number of hydrogen-bond acceptors (Lipinski definition) is 5. The third kappa shape index (κ3) is 4.23. The van der Waals surface area contributed by atoms with Gasteiger partial charge < -0.3 is 4.42 Å². The van der Waals surface area contributed by atoms with E-state index in [2.05, 4.69) is 10.1 Å². The van der Waals surface area contributed by atoms with E-state index < -0.39 is 27.7 Å². The number of oxazole rings is 1. The zero-order chi connectivity index (χ0) is 15.7. The van der Waals surface area contributed by atoms with Crippen LogP contribution in [-0.4, -0.2) is 28.8 Å². The molecule has 0 unspecified atom stereocenters. The fourth-order valence-electron chi connectivity index (χ4n) is 1.39. The highest BCUT2D eigenvalue weighted by atomic mass is 32.2. The van der Waals surface area contributed by atoms with Gasteiger partial charge in [-0.05, 0) is 5.10 Å². The van der Waals surface area contributed by atoms with E-state index in [4.69, 9.17) is 8.97 Å². The van der Waals surface area contributed by atoms with Crippen LogP contribution in [0.3, 0.4) is 0 Å². The average Bonchev–Trinajstić information content (AvgIpc) is 2.85. The minimum Gasteiger partial charge on any atom is -0.444 e. The van der Waals surface area contributed by atoms with Crippen molar-refractivity contribution < 1.29 is 35.2 Å². The molecule has 0 aliphatic rings. The van der Waals surface area contributed by atoms with Crippen LogP contribution in [0.5, 0.6) is 0 Å². The van der Waals surface area contributed by atoms with Gasteiger partial charge >= 0.3 is 6.18 Å². The van der Waals surface area contributed by atoms with Gasteiger partial charge in [-0.3, -0.25) is 4.55 Å². The Kier molecular flexibility index (Phi) is 3.96. The quantitative estimate of drug-likeness (QED) is 0.664. The monoisotopic (exact) mass is 324 g/mol. The van der Waals surface area contributed by atoms with Crippen molar-refractivity contribution in [3.8, 4) is 11.5 Å². The summed E-state index contributed by atoms with van der Waals surface area (Å²) in [5.41, 5.74) is -0.950. The molecule has 0 amide bonds. The summed E-state index contributed by atoms with van der Waals surface area (Å²) in [6.45, 7) is -0.0987. The Hall–Kier alpha value is -2.01. The molecule has 2 heterocycles. The normalized spacial score (nSPS) is 12.6.